The van der Waals surface area contributed by atoms with E-state index in [0.717, 1.165) is 27.6 Å². The normalized spacial score (nSPS) is 12.0. The van der Waals surface area contributed by atoms with Gasteiger partial charge in [0.15, 0.2) is 0 Å². The van der Waals surface area contributed by atoms with Crippen LogP contribution in [0.1, 0.15) is 45.7 Å². The molecule has 0 radical (unpaired) electrons. The standard InChI is InChI=1S/C33H31FN2O/c1-23-12-15-26(16-13-23)21-36-22-30(27-10-6-7-11-32(27)36)28(29-18-24(2)14-17-31(29)34)19-33(37)35-20-25-8-4-3-5-9-25/h3-18,22,28H,19-21H2,1-2H3,(H,35,37)/t28-/m0/s1. The fourth-order valence-electron chi connectivity index (χ4n) is 4.95. The van der Waals surface area contributed by atoms with Crippen molar-refractivity contribution < 1.29 is 9.18 Å². The maximum Gasteiger partial charge on any atom is 0.221 e. The Morgan fingerprint density at radius 1 is 0.811 bits per heavy atom. The molecule has 3 nitrogen and oxygen atoms in total. The minimum Gasteiger partial charge on any atom is -0.352 e. The molecule has 1 N–H and O–H groups in total. The number of aromatic nitrogens is 1. The summed E-state index contributed by atoms with van der Waals surface area (Å²) < 4.78 is 17.5. The molecule has 0 spiro atoms. The summed E-state index contributed by atoms with van der Waals surface area (Å²) >= 11 is 0. The molecule has 186 valence electrons. The molecular formula is C33H31FN2O. The number of hydrogen-bond donors (Lipinski definition) is 1. The van der Waals surface area contributed by atoms with E-state index >= 15 is 4.39 Å². The lowest BCUT2D eigenvalue weighted by Gasteiger charge is -2.19. The van der Waals surface area contributed by atoms with Gasteiger partial charge < -0.3 is 9.88 Å². The number of hydrogen-bond acceptors (Lipinski definition) is 1. The monoisotopic (exact) mass is 490 g/mol. The average Bonchev–Trinajstić information content (AvgIpc) is 3.27. The van der Waals surface area contributed by atoms with Crippen molar-refractivity contribution in [2.24, 2.45) is 0 Å². The third-order valence-electron chi connectivity index (χ3n) is 6.92. The highest BCUT2D eigenvalue weighted by Crippen LogP contribution is 2.36. The molecule has 37 heavy (non-hydrogen) atoms. The molecule has 0 saturated heterocycles. The van der Waals surface area contributed by atoms with Gasteiger partial charge in [0.2, 0.25) is 5.91 Å². The minimum absolute atomic E-state index is 0.106. The fourth-order valence-corrected chi connectivity index (χ4v) is 4.95. The molecule has 0 aliphatic heterocycles. The predicted molar refractivity (Wildman–Crippen MR) is 148 cm³/mol. The number of amides is 1. The first-order chi connectivity index (χ1) is 18.0. The molecule has 1 atom stereocenters. The van der Waals surface area contributed by atoms with Gasteiger partial charge in [0.05, 0.1) is 0 Å². The summed E-state index contributed by atoms with van der Waals surface area (Å²) in [5.74, 6) is -0.813. The molecule has 0 fully saturated rings. The molecule has 5 rings (SSSR count). The Bertz CT molecular complexity index is 1520. The summed E-state index contributed by atoms with van der Waals surface area (Å²) in [4.78, 5) is 13.2. The van der Waals surface area contributed by atoms with Crippen LogP contribution < -0.4 is 5.32 Å². The Labute approximate surface area is 217 Å². The van der Waals surface area contributed by atoms with Crippen molar-refractivity contribution >= 4 is 16.8 Å². The van der Waals surface area contributed by atoms with E-state index in [0.29, 0.717) is 18.7 Å². The van der Waals surface area contributed by atoms with Crippen LogP contribution in [0.2, 0.25) is 0 Å². The van der Waals surface area contributed by atoms with E-state index in [-0.39, 0.29) is 18.1 Å². The maximum absolute atomic E-state index is 15.3. The number of carbonyl (C=O) groups excluding carboxylic acids is 1. The van der Waals surface area contributed by atoms with Crippen molar-refractivity contribution in [3.05, 3.63) is 142 Å². The number of fused-ring (bicyclic) bond motifs is 1. The van der Waals surface area contributed by atoms with E-state index < -0.39 is 5.92 Å². The van der Waals surface area contributed by atoms with E-state index in [1.165, 1.54) is 17.2 Å². The quantitative estimate of drug-likeness (QED) is 0.244. The minimum atomic E-state index is -0.417. The van der Waals surface area contributed by atoms with Crippen LogP contribution in [0.3, 0.4) is 0 Å². The zero-order chi connectivity index (χ0) is 25.8. The van der Waals surface area contributed by atoms with Crippen LogP contribution in [0, 0.1) is 19.7 Å². The average molecular weight is 491 g/mol. The molecule has 5 aromatic rings. The fraction of sp³-hybridized carbons (Fsp3) is 0.182. The summed E-state index contributed by atoms with van der Waals surface area (Å²) in [5.41, 5.74) is 6.99. The SMILES string of the molecule is Cc1ccc(Cn2cc([C@@H](CC(=O)NCc3ccccc3)c3cc(C)ccc3F)c3ccccc32)cc1. The topological polar surface area (TPSA) is 34.0 Å². The second-order valence-electron chi connectivity index (χ2n) is 9.76. The van der Waals surface area contributed by atoms with Gasteiger partial charge in [-0.2, -0.15) is 0 Å². The van der Waals surface area contributed by atoms with Crippen LogP contribution in [0.5, 0.6) is 0 Å². The first-order valence-electron chi connectivity index (χ1n) is 12.7. The Morgan fingerprint density at radius 2 is 1.51 bits per heavy atom. The highest BCUT2D eigenvalue weighted by atomic mass is 19.1. The number of carbonyl (C=O) groups is 1. The van der Waals surface area contributed by atoms with E-state index in [4.69, 9.17) is 0 Å². The van der Waals surface area contributed by atoms with Crippen LogP contribution in [-0.2, 0) is 17.9 Å². The summed E-state index contributed by atoms with van der Waals surface area (Å²) in [6, 6.07) is 31.7. The summed E-state index contributed by atoms with van der Waals surface area (Å²) in [6.45, 7) is 5.18. The number of benzene rings is 4. The van der Waals surface area contributed by atoms with Crippen molar-refractivity contribution in [2.75, 3.05) is 0 Å². The molecule has 1 heterocycles. The molecule has 4 aromatic carbocycles. The van der Waals surface area contributed by atoms with Gasteiger partial charge in [0.25, 0.3) is 0 Å². The predicted octanol–water partition coefficient (Wildman–Crippen LogP) is 7.28. The Hall–Kier alpha value is -4.18. The van der Waals surface area contributed by atoms with Crippen LogP contribution in [0.25, 0.3) is 10.9 Å². The molecule has 0 aliphatic carbocycles. The van der Waals surface area contributed by atoms with Crippen molar-refractivity contribution in [3.8, 4) is 0 Å². The van der Waals surface area contributed by atoms with Gasteiger partial charge in [-0.05, 0) is 48.2 Å². The van der Waals surface area contributed by atoms with Crippen LogP contribution in [0.4, 0.5) is 4.39 Å². The molecular weight excluding hydrogens is 459 g/mol. The summed E-state index contributed by atoms with van der Waals surface area (Å²) in [5, 5.41) is 4.07. The molecule has 4 heteroatoms. The van der Waals surface area contributed by atoms with Gasteiger partial charge in [-0.15, -0.1) is 0 Å². The van der Waals surface area contributed by atoms with Crippen molar-refractivity contribution in [3.63, 3.8) is 0 Å². The number of halogens is 1. The smallest absolute Gasteiger partial charge is 0.221 e. The van der Waals surface area contributed by atoms with Gasteiger partial charge in [-0.3, -0.25) is 4.79 Å². The lowest BCUT2D eigenvalue weighted by atomic mass is 9.87. The zero-order valence-electron chi connectivity index (χ0n) is 21.2. The largest absolute Gasteiger partial charge is 0.352 e. The third kappa shape index (κ3) is 5.64. The Balaban J connectivity index is 1.53. The van der Waals surface area contributed by atoms with Gasteiger partial charge in [0, 0.05) is 42.5 Å². The number of nitrogens with one attached hydrogen (secondary N) is 1. The lowest BCUT2D eigenvalue weighted by Crippen LogP contribution is -2.25. The van der Waals surface area contributed by atoms with E-state index in [1.54, 1.807) is 6.07 Å². The van der Waals surface area contributed by atoms with Gasteiger partial charge in [-0.25, -0.2) is 4.39 Å². The van der Waals surface area contributed by atoms with Crippen LogP contribution >= 0.6 is 0 Å². The molecule has 0 aliphatic rings. The Kier molecular flexibility index (Phi) is 7.18. The van der Waals surface area contributed by atoms with Crippen LogP contribution in [-0.4, -0.2) is 10.5 Å². The molecule has 0 unspecified atom stereocenters. The molecule has 1 aromatic heterocycles. The molecule has 0 bridgehead atoms. The third-order valence-corrected chi connectivity index (χ3v) is 6.92. The summed E-state index contributed by atoms with van der Waals surface area (Å²) in [7, 11) is 0. The number of rotatable bonds is 8. The molecule has 1 amide bonds. The number of aryl methyl sites for hydroxylation is 2. The lowest BCUT2D eigenvalue weighted by molar-refractivity contribution is -0.121. The summed E-state index contributed by atoms with van der Waals surface area (Å²) in [6.07, 6.45) is 2.26. The van der Waals surface area contributed by atoms with Gasteiger partial charge >= 0.3 is 0 Å². The van der Waals surface area contributed by atoms with E-state index in [1.807, 2.05) is 55.5 Å². The van der Waals surface area contributed by atoms with E-state index in [9.17, 15) is 4.79 Å². The highest BCUT2D eigenvalue weighted by molar-refractivity contribution is 5.87. The van der Waals surface area contributed by atoms with Crippen molar-refractivity contribution in [2.45, 2.75) is 39.3 Å². The van der Waals surface area contributed by atoms with Crippen molar-refractivity contribution in [1.82, 2.24) is 9.88 Å². The zero-order valence-corrected chi connectivity index (χ0v) is 21.2. The second kappa shape index (κ2) is 10.8. The first kappa shape index (κ1) is 24.5. The van der Waals surface area contributed by atoms with Crippen molar-refractivity contribution in [1.29, 1.82) is 0 Å². The molecule has 0 saturated carbocycles. The number of para-hydroxylation sites is 1. The first-order valence-corrected chi connectivity index (χ1v) is 12.7. The van der Waals surface area contributed by atoms with E-state index in [2.05, 4.69) is 59.4 Å². The maximum atomic E-state index is 15.3. The van der Waals surface area contributed by atoms with Crippen LogP contribution in [0.15, 0.2) is 103 Å². The van der Waals surface area contributed by atoms with Gasteiger partial charge in [-0.1, -0.05) is 96.1 Å². The van der Waals surface area contributed by atoms with Gasteiger partial charge in [0.1, 0.15) is 5.82 Å². The highest BCUT2D eigenvalue weighted by Gasteiger charge is 2.25. The number of nitrogens with zero attached hydrogens (tertiary/aromatic N) is 1. The Morgan fingerprint density at radius 3 is 2.30 bits per heavy atom. The second-order valence-corrected chi connectivity index (χ2v) is 9.76.